The molecule has 5 rings (SSSR count). The van der Waals surface area contributed by atoms with Crippen LogP contribution in [0.3, 0.4) is 0 Å². The van der Waals surface area contributed by atoms with Crippen LogP contribution in [-0.2, 0) is 4.79 Å². The molecule has 4 aromatic rings. The lowest BCUT2D eigenvalue weighted by Crippen LogP contribution is -2.32. The minimum Gasteiger partial charge on any atom is -0.352 e. The van der Waals surface area contributed by atoms with E-state index in [0.717, 1.165) is 34.0 Å². The Balaban J connectivity index is 1.46. The lowest BCUT2D eigenvalue weighted by Gasteiger charge is -2.28. The molecule has 6 nitrogen and oxygen atoms in total. The fraction of sp³-hybridized carbons (Fsp3) is 0.258. The molecular formula is C31H33N5OS. The maximum absolute atomic E-state index is 12.9. The number of rotatable bonds is 7. The normalized spacial score (nSPS) is 16.9. The second kappa shape index (κ2) is 10.8. The molecule has 2 atom stereocenters. The number of carbonyl (C=O) groups excluding carboxylic acids is 1. The molecule has 0 bridgehead atoms. The molecule has 0 radical (unpaired) electrons. The van der Waals surface area contributed by atoms with E-state index in [2.05, 4.69) is 76.2 Å². The highest BCUT2D eigenvalue weighted by Gasteiger charge is 2.41. The van der Waals surface area contributed by atoms with Crippen molar-refractivity contribution in [3.63, 3.8) is 0 Å². The van der Waals surface area contributed by atoms with Crippen LogP contribution in [0.15, 0.2) is 79.0 Å². The summed E-state index contributed by atoms with van der Waals surface area (Å²) in [5.41, 5.74) is 8.71. The Bertz CT molecular complexity index is 1440. The zero-order valence-electron chi connectivity index (χ0n) is 22.2. The molecule has 1 saturated heterocycles. The van der Waals surface area contributed by atoms with Crippen molar-refractivity contribution in [2.45, 2.75) is 46.2 Å². The predicted molar refractivity (Wildman–Crippen MR) is 157 cm³/mol. The van der Waals surface area contributed by atoms with E-state index in [4.69, 9.17) is 12.2 Å². The van der Waals surface area contributed by atoms with Crippen LogP contribution in [0.4, 0.5) is 5.69 Å². The molecule has 1 amide bonds. The van der Waals surface area contributed by atoms with E-state index < -0.39 is 0 Å². The van der Waals surface area contributed by atoms with E-state index in [1.54, 1.807) is 0 Å². The molecule has 0 aliphatic carbocycles. The van der Waals surface area contributed by atoms with Crippen molar-refractivity contribution in [2.24, 2.45) is 0 Å². The minimum absolute atomic E-state index is 0.0400. The van der Waals surface area contributed by atoms with Crippen LogP contribution >= 0.6 is 12.2 Å². The molecular weight excluding hydrogens is 490 g/mol. The zero-order valence-corrected chi connectivity index (χ0v) is 23.0. The number of pyridine rings is 1. The standard InChI is InChI=1S/C31H33N5OS/c1-20-8-12-24(13-9-20)33-28(37)16-18-35-30(29(34-31(35)38)27-7-5-6-17-32-27)26-19-22(3)36(23(26)4)25-14-10-21(2)11-15-25/h5-15,17,19,29-30H,16,18H2,1-4H3,(H,33,37)(H,34,38). The summed E-state index contributed by atoms with van der Waals surface area (Å²) in [7, 11) is 0. The number of anilines is 1. The molecule has 2 N–H and O–H groups in total. The Morgan fingerprint density at radius 2 is 1.66 bits per heavy atom. The van der Waals surface area contributed by atoms with E-state index in [-0.39, 0.29) is 18.0 Å². The Morgan fingerprint density at radius 3 is 2.32 bits per heavy atom. The van der Waals surface area contributed by atoms with Crippen LogP contribution in [0.5, 0.6) is 0 Å². The summed E-state index contributed by atoms with van der Waals surface area (Å²) >= 11 is 5.83. The van der Waals surface area contributed by atoms with Crippen molar-refractivity contribution < 1.29 is 4.79 Å². The lowest BCUT2D eigenvalue weighted by atomic mass is 9.96. The first-order chi connectivity index (χ1) is 18.3. The van der Waals surface area contributed by atoms with Crippen molar-refractivity contribution in [3.05, 3.63) is 113 Å². The van der Waals surface area contributed by atoms with Gasteiger partial charge in [0.25, 0.3) is 0 Å². The van der Waals surface area contributed by atoms with E-state index in [9.17, 15) is 4.79 Å². The number of aromatic nitrogens is 2. The SMILES string of the molecule is Cc1ccc(NC(=O)CCN2C(=S)NC(c3ccccn3)C2c2cc(C)n(-c3ccc(C)cc3)c2C)cc1. The summed E-state index contributed by atoms with van der Waals surface area (Å²) in [6, 6.07) is 24.4. The molecule has 194 valence electrons. The molecule has 2 aromatic carbocycles. The van der Waals surface area contributed by atoms with Gasteiger partial charge in [0.05, 0.1) is 17.8 Å². The molecule has 2 unspecified atom stereocenters. The van der Waals surface area contributed by atoms with Gasteiger partial charge in [0.1, 0.15) is 0 Å². The number of nitrogens with one attached hydrogen (secondary N) is 2. The third-order valence-electron chi connectivity index (χ3n) is 7.19. The Hall–Kier alpha value is -3.97. The van der Waals surface area contributed by atoms with Gasteiger partial charge in [-0.05, 0) is 87.9 Å². The first kappa shape index (κ1) is 25.7. The molecule has 1 fully saturated rings. The van der Waals surface area contributed by atoms with Gasteiger partial charge in [-0.2, -0.15) is 0 Å². The number of hydrogen-bond acceptors (Lipinski definition) is 3. The number of benzene rings is 2. The van der Waals surface area contributed by atoms with E-state index in [1.165, 1.54) is 11.1 Å². The number of hydrogen-bond donors (Lipinski definition) is 2. The van der Waals surface area contributed by atoms with Gasteiger partial charge in [-0.1, -0.05) is 41.5 Å². The number of thiocarbonyl (C=S) groups is 1. The van der Waals surface area contributed by atoms with E-state index in [0.29, 0.717) is 18.1 Å². The first-order valence-corrected chi connectivity index (χ1v) is 13.3. The fourth-order valence-electron chi connectivity index (χ4n) is 5.25. The third kappa shape index (κ3) is 5.20. The molecule has 2 aromatic heterocycles. The van der Waals surface area contributed by atoms with Crippen molar-refractivity contribution >= 4 is 28.9 Å². The van der Waals surface area contributed by atoms with Gasteiger partial charge >= 0.3 is 0 Å². The highest BCUT2D eigenvalue weighted by atomic mass is 32.1. The van der Waals surface area contributed by atoms with Crippen molar-refractivity contribution in [3.8, 4) is 5.69 Å². The maximum Gasteiger partial charge on any atom is 0.226 e. The summed E-state index contributed by atoms with van der Waals surface area (Å²) in [5.74, 6) is -0.0400. The van der Waals surface area contributed by atoms with Crippen molar-refractivity contribution in [2.75, 3.05) is 11.9 Å². The fourth-order valence-corrected chi connectivity index (χ4v) is 5.58. The minimum atomic E-state index is -0.129. The van der Waals surface area contributed by atoms with Gasteiger partial charge in [-0.3, -0.25) is 9.78 Å². The van der Waals surface area contributed by atoms with Gasteiger partial charge in [-0.25, -0.2) is 0 Å². The summed E-state index contributed by atoms with van der Waals surface area (Å²) in [6.45, 7) is 8.90. The highest BCUT2D eigenvalue weighted by molar-refractivity contribution is 7.80. The number of aryl methyl sites for hydroxylation is 3. The van der Waals surface area contributed by atoms with Gasteiger partial charge in [0, 0.05) is 41.9 Å². The molecule has 1 aliphatic rings. The maximum atomic E-state index is 12.9. The van der Waals surface area contributed by atoms with Crippen LogP contribution in [0, 0.1) is 27.7 Å². The number of amides is 1. The molecule has 0 spiro atoms. The van der Waals surface area contributed by atoms with Crippen LogP contribution in [0.25, 0.3) is 5.69 Å². The Kier molecular flexibility index (Phi) is 7.29. The molecule has 7 heteroatoms. The zero-order chi connectivity index (χ0) is 26.8. The monoisotopic (exact) mass is 523 g/mol. The van der Waals surface area contributed by atoms with Crippen molar-refractivity contribution in [1.82, 2.24) is 19.8 Å². The molecule has 1 aliphatic heterocycles. The second-order valence-corrected chi connectivity index (χ2v) is 10.4. The van der Waals surface area contributed by atoms with Gasteiger partial charge in [-0.15, -0.1) is 0 Å². The average Bonchev–Trinajstić information content (AvgIpc) is 3.39. The van der Waals surface area contributed by atoms with Crippen LogP contribution < -0.4 is 10.6 Å². The second-order valence-electron chi connectivity index (χ2n) is 9.98. The Labute approximate surface area is 229 Å². The molecule has 0 saturated carbocycles. The smallest absolute Gasteiger partial charge is 0.226 e. The largest absolute Gasteiger partial charge is 0.352 e. The summed E-state index contributed by atoms with van der Waals surface area (Å²) in [4.78, 5) is 19.7. The van der Waals surface area contributed by atoms with Crippen LogP contribution in [0.2, 0.25) is 0 Å². The predicted octanol–water partition coefficient (Wildman–Crippen LogP) is 6.11. The summed E-state index contributed by atoms with van der Waals surface area (Å²) in [5, 5.41) is 7.15. The number of carbonyl (C=O) groups is 1. The average molecular weight is 524 g/mol. The van der Waals surface area contributed by atoms with Gasteiger partial charge in [0.15, 0.2) is 5.11 Å². The highest BCUT2D eigenvalue weighted by Crippen LogP contribution is 2.41. The van der Waals surface area contributed by atoms with E-state index in [1.807, 2.05) is 55.6 Å². The lowest BCUT2D eigenvalue weighted by molar-refractivity contribution is -0.116. The Morgan fingerprint density at radius 1 is 0.974 bits per heavy atom. The van der Waals surface area contributed by atoms with Crippen LogP contribution in [-0.4, -0.2) is 32.0 Å². The quantitative estimate of drug-likeness (QED) is 0.286. The third-order valence-corrected chi connectivity index (χ3v) is 7.55. The first-order valence-electron chi connectivity index (χ1n) is 12.9. The summed E-state index contributed by atoms with van der Waals surface area (Å²) in [6.07, 6.45) is 2.13. The molecule has 38 heavy (non-hydrogen) atoms. The molecule has 3 heterocycles. The van der Waals surface area contributed by atoms with Gasteiger partial charge < -0.3 is 20.1 Å². The van der Waals surface area contributed by atoms with E-state index >= 15 is 0 Å². The summed E-state index contributed by atoms with van der Waals surface area (Å²) < 4.78 is 2.29. The van der Waals surface area contributed by atoms with Crippen LogP contribution in [0.1, 0.15) is 52.3 Å². The van der Waals surface area contributed by atoms with Crippen molar-refractivity contribution in [1.29, 1.82) is 0 Å². The van der Waals surface area contributed by atoms with Gasteiger partial charge in [0.2, 0.25) is 5.91 Å². The number of nitrogens with zero attached hydrogens (tertiary/aromatic N) is 3. The topological polar surface area (TPSA) is 62.2 Å².